The van der Waals surface area contributed by atoms with Gasteiger partial charge in [0.15, 0.2) is 5.84 Å². The first-order valence-corrected chi connectivity index (χ1v) is 5.36. The molecule has 1 aromatic rings. The van der Waals surface area contributed by atoms with Crippen molar-refractivity contribution in [1.29, 1.82) is 0 Å². The fraction of sp³-hybridized carbons (Fsp3) is 0.333. The van der Waals surface area contributed by atoms with Crippen LogP contribution in [0.3, 0.4) is 0 Å². The summed E-state index contributed by atoms with van der Waals surface area (Å²) in [6, 6.07) is 3.57. The van der Waals surface area contributed by atoms with E-state index >= 15 is 0 Å². The van der Waals surface area contributed by atoms with Crippen LogP contribution < -0.4 is 5.73 Å². The average molecular weight is 227 g/mol. The number of carbonyl (C=O) groups is 1. The van der Waals surface area contributed by atoms with E-state index in [1.165, 1.54) is 16.2 Å². The number of carbonyl (C=O) groups excluding carboxylic acids is 1. The van der Waals surface area contributed by atoms with E-state index in [4.69, 9.17) is 10.9 Å². The Hall–Kier alpha value is -1.56. The molecule has 0 radical (unpaired) electrons. The third-order valence-corrected chi connectivity index (χ3v) is 2.74. The molecule has 0 aromatic carbocycles. The number of hydrogen-bond donors (Lipinski definition) is 2. The van der Waals surface area contributed by atoms with Crippen LogP contribution in [0, 0.1) is 0 Å². The summed E-state index contributed by atoms with van der Waals surface area (Å²) in [4.78, 5) is 14.0. The zero-order valence-corrected chi connectivity index (χ0v) is 9.20. The van der Waals surface area contributed by atoms with Crippen molar-refractivity contribution in [3.8, 4) is 0 Å². The van der Waals surface area contributed by atoms with Gasteiger partial charge in [0.1, 0.15) is 0 Å². The van der Waals surface area contributed by atoms with Crippen LogP contribution in [0.2, 0.25) is 0 Å². The van der Waals surface area contributed by atoms with Gasteiger partial charge in [0.05, 0.1) is 11.4 Å². The SMILES string of the molecule is CCN(CC(N)=NO)C(=O)c1cccs1. The first kappa shape index (κ1) is 11.5. The zero-order chi connectivity index (χ0) is 11.3. The second-order valence-electron chi connectivity index (χ2n) is 2.89. The maximum absolute atomic E-state index is 11.8. The van der Waals surface area contributed by atoms with E-state index < -0.39 is 0 Å². The molecule has 0 saturated carbocycles. The molecule has 1 aromatic heterocycles. The van der Waals surface area contributed by atoms with Crippen LogP contribution in [-0.2, 0) is 0 Å². The topological polar surface area (TPSA) is 78.9 Å². The molecule has 0 spiro atoms. The van der Waals surface area contributed by atoms with Crippen LogP contribution in [0.1, 0.15) is 16.6 Å². The Labute approximate surface area is 91.8 Å². The first-order chi connectivity index (χ1) is 7.19. The van der Waals surface area contributed by atoms with Crippen molar-refractivity contribution in [2.24, 2.45) is 10.9 Å². The van der Waals surface area contributed by atoms with Gasteiger partial charge in [-0.15, -0.1) is 11.3 Å². The van der Waals surface area contributed by atoms with Crippen LogP contribution >= 0.6 is 11.3 Å². The molecule has 0 saturated heterocycles. The van der Waals surface area contributed by atoms with Gasteiger partial charge in [-0.05, 0) is 18.4 Å². The lowest BCUT2D eigenvalue weighted by Crippen LogP contribution is -2.38. The number of oxime groups is 1. The molecule has 0 unspecified atom stereocenters. The highest BCUT2D eigenvalue weighted by molar-refractivity contribution is 7.12. The number of thiophene rings is 1. The van der Waals surface area contributed by atoms with Gasteiger partial charge in [0.25, 0.3) is 5.91 Å². The normalized spacial score (nSPS) is 11.4. The van der Waals surface area contributed by atoms with Gasteiger partial charge < -0.3 is 15.8 Å². The molecule has 6 heteroatoms. The van der Waals surface area contributed by atoms with E-state index in [0.717, 1.165) is 0 Å². The first-order valence-electron chi connectivity index (χ1n) is 4.48. The predicted octanol–water partition coefficient (Wildman–Crippen LogP) is 0.957. The second-order valence-corrected chi connectivity index (χ2v) is 3.84. The summed E-state index contributed by atoms with van der Waals surface area (Å²) < 4.78 is 0. The Morgan fingerprint density at radius 2 is 2.47 bits per heavy atom. The van der Waals surface area contributed by atoms with Gasteiger partial charge >= 0.3 is 0 Å². The third kappa shape index (κ3) is 2.95. The summed E-state index contributed by atoms with van der Waals surface area (Å²) in [5.41, 5.74) is 5.35. The Kier molecular flexibility index (Phi) is 4.11. The molecule has 1 amide bonds. The van der Waals surface area contributed by atoms with Crippen LogP contribution in [-0.4, -0.2) is 34.9 Å². The minimum absolute atomic E-state index is 0.0294. The van der Waals surface area contributed by atoms with Gasteiger partial charge in [-0.1, -0.05) is 11.2 Å². The smallest absolute Gasteiger partial charge is 0.264 e. The van der Waals surface area contributed by atoms with Crippen LogP contribution in [0.25, 0.3) is 0 Å². The second kappa shape index (κ2) is 5.35. The maximum atomic E-state index is 11.8. The largest absolute Gasteiger partial charge is 0.409 e. The monoisotopic (exact) mass is 227 g/mol. The van der Waals surface area contributed by atoms with Gasteiger partial charge in [-0.2, -0.15) is 0 Å². The molecule has 0 atom stereocenters. The van der Waals surface area contributed by atoms with Gasteiger partial charge in [-0.25, -0.2) is 0 Å². The van der Waals surface area contributed by atoms with Crippen LogP contribution in [0.4, 0.5) is 0 Å². The predicted molar refractivity (Wildman–Crippen MR) is 59.3 cm³/mol. The highest BCUT2D eigenvalue weighted by Crippen LogP contribution is 2.11. The summed E-state index contributed by atoms with van der Waals surface area (Å²) in [7, 11) is 0. The Morgan fingerprint density at radius 3 is 2.93 bits per heavy atom. The molecule has 3 N–H and O–H groups in total. The molecular formula is C9H13N3O2S. The van der Waals surface area contributed by atoms with E-state index in [2.05, 4.69) is 5.16 Å². The molecule has 0 aliphatic rings. The Bertz CT molecular complexity index is 348. The molecule has 0 aliphatic carbocycles. The summed E-state index contributed by atoms with van der Waals surface area (Å²) in [6.07, 6.45) is 0. The zero-order valence-electron chi connectivity index (χ0n) is 8.38. The molecule has 1 heterocycles. The summed E-state index contributed by atoms with van der Waals surface area (Å²) in [6.45, 7) is 2.51. The fourth-order valence-electron chi connectivity index (χ4n) is 1.11. The Morgan fingerprint density at radius 1 is 1.73 bits per heavy atom. The summed E-state index contributed by atoms with van der Waals surface area (Å²) in [5, 5.41) is 13.1. The molecule has 82 valence electrons. The number of hydrogen-bond acceptors (Lipinski definition) is 4. The lowest BCUT2D eigenvalue weighted by Gasteiger charge is -2.18. The summed E-state index contributed by atoms with van der Waals surface area (Å²) >= 11 is 1.38. The van der Waals surface area contributed by atoms with Crippen molar-refractivity contribution in [3.05, 3.63) is 22.4 Å². The van der Waals surface area contributed by atoms with E-state index in [1.807, 2.05) is 18.4 Å². The standard InChI is InChI=1S/C9H13N3O2S/c1-2-12(6-8(10)11-14)9(13)7-4-3-5-15-7/h3-5,14H,2,6H2,1H3,(H2,10,11). The number of likely N-dealkylation sites (N-methyl/N-ethyl adjacent to an activating group) is 1. The molecular weight excluding hydrogens is 214 g/mol. The highest BCUT2D eigenvalue weighted by atomic mass is 32.1. The number of amidine groups is 1. The third-order valence-electron chi connectivity index (χ3n) is 1.88. The Balaban J connectivity index is 2.71. The van der Waals surface area contributed by atoms with E-state index in [0.29, 0.717) is 11.4 Å². The minimum Gasteiger partial charge on any atom is -0.409 e. The molecule has 0 aliphatic heterocycles. The lowest BCUT2D eigenvalue weighted by molar-refractivity contribution is 0.0791. The van der Waals surface area contributed by atoms with E-state index in [1.54, 1.807) is 6.07 Å². The van der Waals surface area contributed by atoms with Crippen molar-refractivity contribution < 1.29 is 10.0 Å². The molecule has 1 rings (SSSR count). The van der Waals surface area contributed by atoms with Crippen molar-refractivity contribution in [1.82, 2.24) is 4.90 Å². The van der Waals surface area contributed by atoms with E-state index in [9.17, 15) is 4.79 Å². The van der Waals surface area contributed by atoms with Crippen LogP contribution in [0.5, 0.6) is 0 Å². The van der Waals surface area contributed by atoms with Gasteiger partial charge in [0.2, 0.25) is 0 Å². The van der Waals surface area contributed by atoms with Gasteiger partial charge in [-0.3, -0.25) is 4.79 Å². The number of rotatable bonds is 4. The van der Waals surface area contributed by atoms with Crippen molar-refractivity contribution >= 4 is 23.1 Å². The van der Waals surface area contributed by atoms with Crippen molar-refractivity contribution in [2.45, 2.75) is 6.92 Å². The minimum atomic E-state index is -0.0981. The lowest BCUT2D eigenvalue weighted by atomic mass is 10.3. The molecule has 0 fully saturated rings. The van der Waals surface area contributed by atoms with Crippen molar-refractivity contribution in [3.63, 3.8) is 0 Å². The van der Waals surface area contributed by atoms with Crippen molar-refractivity contribution in [2.75, 3.05) is 13.1 Å². The number of nitrogens with two attached hydrogens (primary N) is 1. The quantitative estimate of drug-likeness (QED) is 0.348. The molecule has 5 nitrogen and oxygen atoms in total. The summed E-state index contributed by atoms with van der Waals surface area (Å²) in [5.74, 6) is -0.0687. The highest BCUT2D eigenvalue weighted by Gasteiger charge is 2.15. The van der Waals surface area contributed by atoms with Crippen LogP contribution in [0.15, 0.2) is 22.7 Å². The number of nitrogens with zero attached hydrogens (tertiary/aromatic N) is 2. The number of amides is 1. The fourth-order valence-corrected chi connectivity index (χ4v) is 1.80. The van der Waals surface area contributed by atoms with Gasteiger partial charge in [0, 0.05) is 6.54 Å². The molecule has 15 heavy (non-hydrogen) atoms. The average Bonchev–Trinajstić information content (AvgIpc) is 2.77. The maximum Gasteiger partial charge on any atom is 0.264 e. The van der Waals surface area contributed by atoms with E-state index in [-0.39, 0.29) is 18.3 Å². The molecule has 0 bridgehead atoms.